The van der Waals surface area contributed by atoms with Gasteiger partial charge in [0.2, 0.25) is 5.91 Å². The van der Waals surface area contributed by atoms with Gasteiger partial charge in [-0.3, -0.25) is 14.8 Å². The average Bonchev–Trinajstić information content (AvgIpc) is 3.20. The van der Waals surface area contributed by atoms with E-state index in [4.69, 9.17) is 9.94 Å². The molecule has 146 valence electrons. The van der Waals surface area contributed by atoms with Gasteiger partial charge in [0.05, 0.1) is 12.0 Å². The number of hydrogen-bond donors (Lipinski definition) is 3. The predicted molar refractivity (Wildman–Crippen MR) is 104 cm³/mol. The van der Waals surface area contributed by atoms with Crippen LogP contribution in [0.4, 0.5) is 0 Å². The number of ether oxygens (including phenoxy) is 1. The van der Waals surface area contributed by atoms with Crippen LogP contribution in [-0.4, -0.2) is 35.7 Å². The second kappa shape index (κ2) is 11.3. The molecule has 1 aromatic carbocycles. The van der Waals surface area contributed by atoms with Crippen LogP contribution in [0.5, 0.6) is 5.75 Å². The van der Waals surface area contributed by atoms with Crippen molar-refractivity contribution in [2.24, 2.45) is 0 Å². The number of benzene rings is 1. The van der Waals surface area contributed by atoms with Crippen LogP contribution in [0.15, 0.2) is 30.5 Å². The van der Waals surface area contributed by atoms with E-state index < -0.39 is 0 Å². The zero-order valence-corrected chi connectivity index (χ0v) is 16.2. The highest BCUT2D eigenvalue weighted by Gasteiger charge is 2.11. The van der Waals surface area contributed by atoms with E-state index in [2.05, 4.69) is 10.3 Å². The standard InChI is InChI=1S/C19H25N3O4S/c1-26-15-10-8-14(9-11-15)16-13-21-19(27-16)18(24)20-12-6-4-2-3-5-7-17(23)22-25/h8-11,13,25H,2-7,12H2,1H3,(H,20,24)(H,22,23). The number of methoxy groups -OCH3 is 1. The van der Waals surface area contributed by atoms with Gasteiger partial charge < -0.3 is 10.1 Å². The van der Waals surface area contributed by atoms with Crippen molar-refractivity contribution < 1.29 is 19.5 Å². The molecule has 0 radical (unpaired) electrons. The molecule has 1 heterocycles. The summed E-state index contributed by atoms with van der Waals surface area (Å²) in [6.07, 6.45) is 6.60. The van der Waals surface area contributed by atoms with Gasteiger partial charge in [-0.05, 0) is 42.7 Å². The number of hydroxylamine groups is 1. The van der Waals surface area contributed by atoms with Gasteiger partial charge in [-0.1, -0.05) is 19.3 Å². The number of carbonyl (C=O) groups excluding carboxylic acids is 2. The topological polar surface area (TPSA) is 101 Å². The molecule has 7 nitrogen and oxygen atoms in total. The van der Waals surface area contributed by atoms with Gasteiger partial charge in [0.15, 0.2) is 5.01 Å². The monoisotopic (exact) mass is 391 g/mol. The van der Waals surface area contributed by atoms with E-state index in [-0.39, 0.29) is 11.8 Å². The Morgan fingerprint density at radius 1 is 1.11 bits per heavy atom. The quantitative estimate of drug-likeness (QED) is 0.310. The first-order valence-corrected chi connectivity index (χ1v) is 9.77. The fraction of sp³-hybridized carbons (Fsp3) is 0.421. The van der Waals surface area contributed by atoms with Crippen LogP contribution < -0.4 is 15.5 Å². The minimum atomic E-state index is -0.347. The summed E-state index contributed by atoms with van der Waals surface area (Å²) < 4.78 is 5.15. The lowest BCUT2D eigenvalue weighted by molar-refractivity contribution is -0.129. The SMILES string of the molecule is COc1ccc(-c2cnc(C(=O)NCCCCCCCC(=O)NO)s2)cc1. The van der Waals surface area contributed by atoms with Crippen LogP contribution in [0.3, 0.4) is 0 Å². The highest BCUT2D eigenvalue weighted by Crippen LogP contribution is 2.27. The van der Waals surface area contributed by atoms with Crippen LogP contribution >= 0.6 is 11.3 Å². The summed E-state index contributed by atoms with van der Waals surface area (Å²) in [5.41, 5.74) is 2.63. The zero-order valence-electron chi connectivity index (χ0n) is 15.4. The maximum Gasteiger partial charge on any atom is 0.280 e. The first-order chi connectivity index (χ1) is 13.1. The normalized spacial score (nSPS) is 10.4. The van der Waals surface area contributed by atoms with Crippen LogP contribution in [-0.2, 0) is 4.79 Å². The summed E-state index contributed by atoms with van der Waals surface area (Å²) in [5.74, 6) is 0.289. The van der Waals surface area contributed by atoms with Crippen LogP contribution in [0.1, 0.15) is 48.3 Å². The largest absolute Gasteiger partial charge is 0.497 e. The molecule has 1 aromatic heterocycles. The van der Waals surface area contributed by atoms with E-state index in [1.807, 2.05) is 24.3 Å². The minimum absolute atomic E-state index is 0.153. The molecule has 0 spiro atoms. The Bertz CT molecular complexity index is 731. The third-order valence-corrected chi connectivity index (χ3v) is 5.11. The number of carbonyl (C=O) groups is 2. The fourth-order valence-corrected chi connectivity index (χ4v) is 3.38. The molecular weight excluding hydrogens is 366 g/mol. The molecular formula is C19H25N3O4S. The minimum Gasteiger partial charge on any atom is -0.497 e. The lowest BCUT2D eigenvalue weighted by Crippen LogP contribution is -2.24. The predicted octanol–water partition coefficient (Wildman–Crippen LogP) is 3.39. The molecule has 0 atom stereocenters. The van der Waals surface area contributed by atoms with Crippen molar-refractivity contribution in [3.8, 4) is 16.2 Å². The highest BCUT2D eigenvalue weighted by atomic mass is 32.1. The van der Waals surface area contributed by atoms with Crippen molar-refractivity contribution in [1.82, 2.24) is 15.8 Å². The van der Waals surface area contributed by atoms with Crippen molar-refractivity contribution in [3.63, 3.8) is 0 Å². The van der Waals surface area contributed by atoms with Crippen molar-refractivity contribution in [2.75, 3.05) is 13.7 Å². The van der Waals surface area contributed by atoms with E-state index in [0.717, 1.165) is 48.3 Å². The summed E-state index contributed by atoms with van der Waals surface area (Å²) in [7, 11) is 1.62. The number of aromatic nitrogens is 1. The second-order valence-electron chi connectivity index (χ2n) is 6.07. The summed E-state index contributed by atoms with van der Waals surface area (Å²) in [6.45, 7) is 0.605. The Hall–Kier alpha value is -2.45. The molecule has 0 saturated heterocycles. The number of hydrogen-bond acceptors (Lipinski definition) is 6. The zero-order chi connectivity index (χ0) is 19.5. The fourth-order valence-electron chi connectivity index (χ4n) is 2.54. The van der Waals surface area contributed by atoms with E-state index in [1.165, 1.54) is 11.3 Å². The molecule has 0 fully saturated rings. The summed E-state index contributed by atoms with van der Waals surface area (Å²) in [5, 5.41) is 11.7. The molecule has 3 N–H and O–H groups in total. The molecule has 2 aromatic rings. The molecule has 0 unspecified atom stereocenters. The Kier molecular flexibility index (Phi) is 8.73. The summed E-state index contributed by atoms with van der Waals surface area (Å²) in [4.78, 5) is 28.2. The Morgan fingerprint density at radius 2 is 1.81 bits per heavy atom. The van der Waals surface area contributed by atoms with Gasteiger partial charge in [0.25, 0.3) is 5.91 Å². The molecule has 0 saturated carbocycles. The molecule has 2 rings (SSSR count). The first kappa shape index (κ1) is 20.9. The van der Waals surface area contributed by atoms with Crippen molar-refractivity contribution in [2.45, 2.75) is 38.5 Å². The van der Waals surface area contributed by atoms with Crippen LogP contribution in [0.2, 0.25) is 0 Å². The number of thiazole rings is 1. The molecule has 0 bridgehead atoms. The van der Waals surface area contributed by atoms with E-state index in [1.54, 1.807) is 18.8 Å². The maximum atomic E-state index is 12.2. The molecule has 0 aliphatic heterocycles. The third-order valence-electron chi connectivity index (χ3n) is 4.07. The highest BCUT2D eigenvalue weighted by molar-refractivity contribution is 7.16. The lowest BCUT2D eigenvalue weighted by atomic mass is 10.1. The van der Waals surface area contributed by atoms with Gasteiger partial charge in [0, 0.05) is 19.2 Å². The Labute approximate surface area is 162 Å². The van der Waals surface area contributed by atoms with E-state index in [0.29, 0.717) is 18.0 Å². The van der Waals surface area contributed by atoms with Gasteiger partial charge in [-0.15, -0.1) is 11.3 Å². The van der Waals surface area contributed by atoms with Gasteiger partial charge in [-0.25, -0.2) is 10.5 Å². The average molecular weight is 391 g/mol. The number of unbranched alkanes of at least 4 members (excludes halogenated alkanes) is 4. The summed E-state index contributed by atoms with van der Waals surface area (Å²) in [6, 6.07) is 7.65. The molecule has 0 aliphatic rings. The van der Waals surface area contributed by atoms with Crippen LogP contribution in [0, 0.1) is 0 Å². The smallest absolute Gasteiger partial charge is 0.280 e. The molecule has 2 amide bonds. The molecule has 8 heteroatoms. The molecule has 0 aliphatic carbocycles. The second-order valence-corrected chi connectivity index (χ2v) is 7.10. The van der Waals surface area contributed by atoms with Gasteiger partial charge in [0.1, 0.15) is 5.75 Å². The van der Waals surface area contributed by atoms with Crippen molar-refractivity contribution >= 4 is 23.2 Å². The maximum absolute atomic E-state index is 12.2. The van der Waals surface area contributed by atoms with Crippen LogP contribution in [0.25, 0.3) is 10.4 Å². The van der Waals surface area contributed by atoms with Gasteiger partial charge in [-0.2, -0.15) is 0 Å². The third kappa shape index (κ3) is 6.99. The molecule has 27 heavy (non-hydrogen) atoms. The Morgan fingerprint density at radius 3 is 2.52 bits per heavy atom. The van der Waals surface area contributed by atoms with E-state index in [9.17, 15) is 9.59 Å². The Balaban J connectivity index is 1.66. The lowest BCUT2D eigenvalue weighted by Gasteiger charge is -2.03. The number of nitrogens with one attached hydrogen (secondary N) is 2. The van der Waals surface area contributed by atoms with E-state index >= 15 is 0 Å². The summed E-state index contributed by atoms with van der Waals surface area (Å²) >= 11 is 1.37. The van der Waals surface area contributed by atoms with Crippen molar-refractivity contribution in [3.05, 3.63) is 35.5 Å². The first-order valence-electron chi connectivity index (χ1n) is 8.95. The van der Waals surface area contributed by atoms with Crippen molar-refractivity contribution in [1.29, 1.82) is 0 Å². The van der Waals surface area contributed by atoms with Gasteiger partial charge >= 0.3 is 0 Å². The number of nitrogens with zero attached hydrogens (tertiary/aromatic N) is 1. The number of amides is 2. The number of rotatable bonds is 11.